The van der Waals surface area contributed by atoms with Gasteiger partial charge in [-0.15, -0.1) is 0 Å². The summed E-state index contributed by atoms with van der Waals surface area (Å²) in [5.41, 5.74) is -10.9. The molecule has 1 aromatic rings. The number of benzene rings is 1. The molecule has 1 aliphatic rings. The molecule has 3 nitrogen and oxygen atoms in total. The standard InChI is InChI=1S/C14H14F6O3S2/c1-3-4-11-8-10-6-5-9(2)7-12(10)24(11,13(15,16)17)23-25(21,22)14(18,19)20/h5-8H,3-4H2,1-2H3. The smallest absolute Gasteiger partial charge is 0.196 e. The molecular weight excluding hydrogens is 394 g/mol. The topological polar surface area (TPSA) is 43.4 Å². The van der Waals surface area contributed by atoms with Crippen molar-refractivity contribution in [1.82, 2.24) is 0 Å². The average molecular weight is 408 g/mol. The molecule has 0 N–H and O–H groups in total. The van der Waals surface area contributed by atoms with Gasteiger partial charge in [-0.1, -0.05) is 25.5 Å². The number of halogens is 6. The Morgan fingerprint density at radius 3 is 2.20 bits per heavy atom. The van der Waals surface area contributed by atoms with E-state index in [0.717, 1.165) is 12.1 Å². The molecule has 1 aliphatic heterocycles. The third-order valence-electron chi connectivity index (χ3n) is 3.46. The van der Waals surface area contributed by atoms with Crippen molar-refractivity contribution in [2.75, 3.05) is 0 Å². The third-order valence-corrected chi connectivity index (χ3v) is 8.25. The average Bonchev–Trinajstić information content (AvgIpc) is 2.72. The Labute approximate surface area is 142 Å². The fraction of sp³-hybridized carbons (Fsp3) is 0.429. The zero-order valence-electron chi connectivity index (χ0n) is 13.0. The largest absolute Gasteiger partial charge is 0.523 e. The number of allylic oxidation sites excluding steroid dienone is 1. The molecule has 1 aromatic carbocycles. The van der Waals surface area contributed by atoms with Crippen LogP contribution in [0.5, 0.6) is 0 Å². The minimum absolute atomic E-state index is 0.0127. The molecular formula is C14H14F6O3S2. The highest BCUT2D eigenvalue weighted by Gasteiger charge is 2.63. The summed E-state index contributed by atoms with van der Waals surface area (Å²) >= 11 is 0. The van der Waals surface area contributed by atoms with Gasteiger partial charge in [0.1, 0.15) is 0 Å². The number of aryl methyl sites for hydroxylation is 1. The highest BCUT2D eigenvalue weighted by molar-refractivity contribution is 8.37. The first-order valence-electron chi connectivity index (χ1n) is 6.99. The van der Waals surface area contributed by atoms with Crippen LogP contribution in [0.1, 0.15) is 30.9 Å². The van der Waals surface area contributed by atoms with Gasteiger partial charge < -0.3 is 0 Å². The van der Waals surface area contributed by atoms with Crippen LogP contribution >= 0.6 is 10.3 Å². The lowest BCUT2D eigenvalue weighted by Gasteiger charge is -2.39. The Morgan fingerprint density at radius 2 is 1.72 bits per heavy atom. The van der Waals surface area contributed by atoms with Gasteiger partial charge in [0, 0.05) is 20.1 Å². The van der Waals surface area contributed by atoms with E-state index in [1.807, 2.05) is 0 Å². The van der Waals surface area contributed by atoms with E-state index in [0.29, 0.717) is 5.56 Å². The lowest BCUT2D eigenvalue weighted by Crippen LogP contribution is -2.32. The van der Waals surface area contributed by atoms with Crippen LogP contribution in [0.15, 0.2) is 28.0 Å². The molecule has 0 spiro atoms. The van der Waals surface area contributed by atoms with Crippen molar-refractivity contribution in [2.45, 2.75) is 42.6 Å². The van der Waals surface area contributed by atoms with Gasteiger partial charge in [-0.05, 0) is 36.6 Å². The van der Waals surface area contributed by atoms with Crippen LogP contribution in [0.4, 0.5) is 26.3 Å². The van der Waals surface area contributed by atoms with Crippen molar-refractivity contribution in [3.8, 4) is 0 Å². The third kappa shape index (κ3) is 3.28. The second-order valence-electron chi connectivity index (χ2n) is 5.37. The molecule has 0 fully saturated rings. The van der Waals surface area contributed by atoms with Crippen molar-refractivity contribution >= 4 is 26.5 Å². The van der Waals surface area contributed by atoms with Gasteiger partial charge in [-0.2, -0.15) is 38.4 Å². The molecule has 1 atom stereocenters. The van der Waals surface area contributed by atoms with E-state index >= 15 is 0 Å². The molecule has 0 saturated carbocycles. The van der Waals surface area contributed by atoms with E-state index in [1.54, 1.807) is 0 Å². The summed E-state index contributed by atoms with van der Waals surface area (Å²) in [5.74, 6) is 0. The molecule has 1 unspecified atom stereocenters. The van der Waals surface area contributed by atoms with Crippen LogP contribution in [-0.4, -0.2) is 19.4 Å². The van der Waals surface area contributed by atoms with E-state index in [9.17, 15) is 34.8 Å². The Bertz CT molecular complexity index is 811. The van der Waals surface area contributed by atoms with E-state index in [4.69, 9.17) is 0 Å². The maximum Gasteiger partial charge on any atom is 0.523 e. The van der Waals surface area contributed by atoms with Gasteiger partial charge in [0.2, 0.25) is 0 Å². The van der Waals surface area contributed by atoms with Crippen molar-refractivity contribution in [2.24, 2.45) is 0 Å². The fourth-order valence-corrected chi connectivity index (χ4v) is 7.19. The molecule has 11 heteroatoms. The minimum atomic E-state index is -6.45. The van der Waals surface area contributed by atoms with Crippen LogP contribution in [0.25, 0.3) is 6.08 Å². The van der Waals surface area contributed by atoms with Crippen LogP contribution in [-0.2, 0) is 13.7 Å². The molecule has 0 amide bonds. The minimum Gasteiger partial charge on any atom is -0.196 e. The number of hydrogen-bond acceptors (Lipinski definition) is 3. The molecule has 0 radical (unpaired) electrons. The second kappa shape index (κ2) is 6.20. The number of fused-ring (bicyclic) bond motifs is 1. The SMILES string of the molecule is CCCC1=Cc2ccc(C)cc2S1(OS(=O)(=O)C(F)(F)F)C(F)(F)F. The number of hydrogen-bond donors (Lipinski definition) is 0. The normalized spacial score (nSPS) is 23.8. The summed E-state index contributed by atoms with van der Waals surface area (Å²) in [6.07, 6.45) is 1.02. The lowest BCUT2D eigenvalue weighted by atomic mass is 10.1. The van der Waals surface area contributed by atoms with Gasteiger partial charge in [0.25, 0.3) is 0 Å². The highest BCUT2D eigenvalue weighted by atomic mass is 32.3. The highest BCUT2D eigenvalue weighted by Crippen LogP contribution is 2.78. The molecule has 0 aromatic heterocycles. The first kappa shape index (κ1) is 20.1. The lowest BCUT2D eigenvalue weighted by molar-refractivity contribution is -0.0546. The molecule has 0 bridgehead atoms. The second-order valence-corrected chi connectivity index (χ2v) is 9.83. The van der Waals surface area contributed by atoms with Crippen molar-refractivity contribution in [1.29, 1.82) is 0 Å². The van der Waals surface area contributed by atoms with Crippen LogP contribution in [0, 0.1) is 6.92 Å². The summed E-state index contributed by atoms with van der Waals surface area (Å²) < 4.78 is 107. The molecule has 1 heterocycles. The number of rotatable bonds is 4. The molecule has 0 saturated heterocycles. The van der Waals surface area contributed by atoms with Gasteiger partial charge in [0.15, 0.2) is 0 Å². The predicted octanol–water partition coefficient (Wildman–Crippen LogP) is 5.61. The van der Waals surface area contributed by atoms with Crippen molar-refractivity contribution < 1.29 is 38.4 Å². The Kier molecular flexibility index (Phi) is 4.99. The Hall–Kier alpha value is -1.20. The zero-order valence-corrected chi connectivity index (χ0v) is 14.7. The Morgan fingerprint density at radius 1 is 1.12 bits per heavy atom. The molecule has 142 valence electrons. The van der Waals surface area contributed by atoms with Gasteiger partial charge in [0.05, 0.1) is 0 Å². The van der Waals surface area contributed by atoms with Crippen LogP contribution < -0.4 is 0 Å². The predicted molar refractivity (Wildman–Crippen MR) is 82.0 cm³/mol. The van der Waals surface area contributed by atoms with Gasteiger partial charge >= 0.3 is 21.1 Å². The maximum atomic E-state index is 14.0. The number of alkyl halides is 6. The summed E-state index contributed by atoms with van der Waals surface area (Å²) in [6, 6.07) is 3.83. The molecule has 25 heavy (non-hydrogen) atoms. The van der Waals surface area contributed by atoms with Gasteiger partial charge in [-0.25, -0.2) is 0 Å². The van der Waals surface area contributed by atoms with Gasteiger partial charge in [-0.3, -0.25) is 0 Å². The summed E-state index contributed by atoms with van der Waals surface area (Å²) in [6.45, 7) is 2.99. The molecule has 2 rings (SSSR count). The van der Waals surface area contributed by atoms with Crippen LogP contribution in [0.3, 0.4) is 0 Å². The quantitative estimate of drug-likeness (QED) is 0.480. The van der Waals surface area contributed by atoms with E-state index in [-0.39, 0.29) is 18.4 Å². The van der Waals surface area contributed by atoms with E-state index in [1.165, 1.54) is 26.0 Å². The fourth-order valence-electron chi connectivity index (χ4n) is 2.43. The Balaban J connectivity index is 2.79. The monoisotopic (exact) mass is 408 g/mol. The van der Waals surface area contributed by atoms with E-state index < -0.39 is 41.2 Å². The molecule has 0 aliphatic carbocycles. The zero-order chi connectivity index (χ0) is 19.3. The van der Waals surface area contributed by atoms with Crippen molar-refractivity contribution in [3.05, 3.63) is 34.2 Å². The first-order valence-corrected chi connectivity index (χ1v) is 9.96. The summed E-state index contributed by atoms with van der Waals surface area (Å²) in [4.78, 5) is -1.06. The first-order chi connectivity index (χ1) is 11.3. The summed E-state index contributed by atoms with van der Waals surface area (Å²) in [5, 5.41) is 0. The van der Waals surface area contributed by atoms with Crippen molar-refractivity contribution in [3.63, 3.8) is 0 Å². The van der Waals surface area contributed by atoms with Crippen LogP contribution in [0.2, 0.25) is 0 Å². The van der Waals surface area contributed by atoms with E-state index in [2.05, 4.69) is 3.63 Å². The summed E-state index contributed by atoms with van der Waals surface area (Å²) in [7, 11) is -11.3. The maximum absolute atomic E-state index is 14.0.